The predicted octanol–water partition coefficient (Wildman–Crippen LogP) is 1.45. The normalized spacial score (nSPS) is 22.6. The lowest BCUT2D eigenvalue weighted by Crippen LogP contribution is -2.39. The summed E-state index contributed by atoms with van der Waals surface area (Å²) in [6.07, 6.45) is 2.58. The number of benzene rings is 1. The van der Waals surface area contributed by atoms with Gasteiger partial charge in [0.05, 0.1) is 18.0 Å². The van der Waals surface area contributed by atoms with Crippen molar-refractivity contribution in [2.24, 2.45) is 5.73 Å². The quantitative estimate of drug-likeness (QED) is 0.908. The average Bonchev–Trinajstić information content (AvgIpc) is 2.37. The van der Waals surface area contributed by atoms with Gasteiger partial charge in [-0.25, -0.2) is 8.42 Å². The molecule has 5 heteroatoms. The van der Waals surface area contributed by atoms with E-state index in [4.69, 9.17) is 10.5 Å². The van der Waals surface area contributed by atoms with Crippen LogP contribution in [0.3, 0.4) is 0 Å². The number of sulfone groups is 1. The third-order valence-electron chi connectivity index (χ3n) is 3.86. The fraction of sp³-hybridized carbons (Fsp3) is 0.571. The Morgan fingerprint density at radius 2 is 2.11 bits per heavy atom. The molecule has 1 aromatic rings. The summed E-state index contributed by atoms with van der Waals surface area (Å²) in [5, 5.41) is -0.551. The summed E-state index contributed by atoms with van der Waals surface area (Å²) in [6, 6.07) is 7.71. The first kappa shape index (κ1) is 14.5. The van der Waals surface area contributed by atoms with Gasteiger partial charge < -0.3 is 10.5 Å². The fourth-order valence-corrected chi connectivity index (χ4v) is 3.17. The number of hydrogen-bond donors (Lipinski definition) is 1. The maximum atomic E-state index is 11.5. The Kier molecular flexibility index (Phi) is 4.28. The zero-order valence-corrected chi connectivity index (χ0v) is 12.2. The van der Waals surface area contributed by atoms with Gasteiger partial charge in [-0.15, -0.1) is 0 Å². The minimum atomic E-state index is -3.11. The van der Waals surface area contributed by atoms with Crippen molar-refractivity contribution in [2.45, 2.75) is 37.2 Å². The van der Waals surface area contributed by atoms with Crippen LogP contribution in [0.2, 0.25) is 0 Å². The van der Waals surface area contributed by atoms with Gasteiger partial charge in [0, 0.05) is 12.3 Å². The van der Waals surface area contributed by atoms with E-state index in [1.165, 1.54) is 11.8 Å². The summed E-state index contributed by atoms with van der Waals surface area (Å²) in [4.78, 5) is 0. The van der Waals surface area contributed by atoms with E-state index in [1.807, 2.05) is 18.2 Å². The molecule has 0 spiro atoms. The second-order valence-electron chi connectivity index (χ2n) is 5.24. The van der Waals surface area contributed by atoms with Gasteiger partial charge in [0.25, 0.3) is 0 Å². The molecule has 0 saturated carbocycles. The van der Waals surface area contributed by atoms with Crippen molar-refractivity contribution in [2.75, 3.05) is 12.9 Å². The topological polar surface area (TPSA) is 69.4 Å². The summed E-state index contributed by atoms with van der Waals surface area (Å²) in [5.41, 5.74) is 8.45. The first-order chi connectivity index (χ1) is 8.89. The van der Waals surface area contributed by atoms with E-state index in [0.29, 0.717) is 13.0 Å². The Morgan fingerprint density at radius 3 is 2.79 bits per heavy atom. The molecule has 0 amide bonds. The van der Waals surface area contributed by atoms with Gasteiger partial charge in [-0.2, -0.15) is 0 Å². The van der Waals surface area contributed by atoms with Crippen LogP contribution in [0.4, 0.5) is 0 Å². The third-order valence-corrected chi connectivity index (χ3v) is 5.56. The third kappa shape index (κ3) is 3.35. The molecular weight excluding hydrogens is 262 g/mol. The number of fused-ring (bicyclic) bond motifs is 1. The van der Waals surface area contributed by atoms with Gasteiger partial charge in [-0.05, 0) is 30.9 Å². The van der Waals surface area contributed by atoms with E-state index >= 15 is 0 Å². The molecule has 4 nitrogen and oxygen atoms in total. The number of ether oxygens (including phenoxy) is 1. The molecule has 2 N–H and O–H groups in total. The number of nitrogens with two attached hydrogens (primary N) is 1. The van der Waals surface area contributed by atoms with Crippen molar-refractivity contribution in [1.29, 1.82) is 0 Å². The second-order valence-corrected chi connectivity index (χ2v) is 7.65. The minimum absolute atomic E-state index is 0.0934. The van der Waals surface area contributed by atoms with E-state index in [-0.39, 0.29) is 6.10 Å². The molecule has 1 aliphatic rings. The van der Waals surface area contributed by atoms with Gasteiger partial charge in [-0.1, -0.05) is 24.3 Å². The summed E-state index contributed by atoms with van der Waals surface area (Å²) >= 11 is 0. The van der Waals surface area contributed by atoms with E-state index < -0.39 is 21.1 Å². The molecule has 106 valence electrons. The highest BCUT2D eigenvalue weighted by Gasteiger charge is 2.28. The van der Waals surface area contributed by atoms with Gasteiger partial charge in [0.1, 0.15) is 0 Å². The van der Waals surface area contributed by atoms with Crippen LogP contribution in [0.5, 0.6) is 0 Å². The van der Waals surface area contributed by atoms with Gasteiger partial charge in [0.2, 0.25) is 0 Å². The lowest BCUT2D eigenvalue weighted by atomic mass is 9.93. The molecular formula is C14H21NO3S. The Bertz CT molecular complexity index is 541. The van der Waals surface area contributed by atoms with E-state index in [9.17, 15) is 8.42 Å². The van der Waals surface area contributed by atoms with Crippen molar-refractivity contribution < 1.29 is 13.2 Å². The van der Waals surface area contributed by atoms with Crippen molar-refractivity contribution in [3.63, 3.8) is 0 Å². The smallest absolute Gasteiger partial charge is 0.151 e. The van der Waals surface area contributed by atoms with Crippen molar-refractivity contribution in [3.8, 4) is 0 Å². The lowest BCUT2D eigenvalue weighted by Gasteiger charge is -2.29. The SMILES string of the molecule is CC(C(N)CC1OCCc2ccccc21)S(C)(=O)=O. The molecule has 19 heavy (non-hydrogen) atoms. The van der Waals surface area contributed by atoms with Crippen molar-refractivity contribution >= 4 is 9.84 Å². The highest BCUT2D eigenvalue weighted by atomic mass is 32.2. The maximum absolute atomic E-state index is 11.5. The first-order valence-electron chi connectivity index (χ1n) is 6.53. The molecule has 0 bridgehead atoms. The van der Waals surface area contributed by atoms with Crippen LogP contribution in [0.25, 0.3) is 0 Å². The van der Waals surface area contributed by atoms with Crippen LogP contribution in [0.1, 0.15) is 30.6 Å². The first-order valence-corrected chi connectivity index (χ1v) is 8.49. The van der Waals surface area contributed by atoms with Crippen LogP contribution >= 0.6 is 0 Å². The molecule has 0 aliphatic carbocycles. The summed E-state index contributed by atoms with van der Waals surface area (Å²) in [5.74, 6) is 0. The number of hydrogen-bond acceptors (Lipinski definition) is 4. The highest BCUT2D eigenvalue weighted by molar-refractivity contribution is 7.91. The molecule has 3 unspecified atom stereocenters. The Morgan fingerprint density at radius 1 is 1.42 bits per heavy atom. The predicted molar refractivity (Wildman–Crippen MR) is 75.7 cm³/mol. The van der Waals surface area contributed by atoms with Crippen LogP contribution in [0, 0.1) is 0 Å². The van der Waals surface area contributed by atoms with Gasteiger partial charge >= 0.3 is 0 Å². The van der Waals surface area contributed by atoms with E-state index in [2.05, 4.69) is 6.07 Å². The molecule has 0 fully saturated rings. The van der Waals surface area contributed by atoms with Crippen LogP contribution in [-0.4, -0.2) is 32.6 Å². The molecule has 1 heterocycles. The van der Waals surface area contributed by atoms with Crippen molar-refractivity contribution in [3.05, 3.63) is 35.4 Å². The molecule has 2 rings (SSSR count). The molecule has 1 aromatic carbocycles. The molecule has 1 aliphatic heterocycles. The highest BCUT2D eigenvalue weighted by Crippen LogP contribution is 2.31. The van der Waals surface area contributed by atoms with Crippen molar-refractivity contribution in [1.82, 2.24) is 0 Å². The zero-order chi connectivity index (χ0) is 14.0. The number of rotatable bonds is 4. The van der Waals surface area contributed by atoms with Crippen LogP contribution < -0.4 is 5.73 Å². The molecule has 3 atom stereocenters. The largest absolute Gasteiger partial charge is 0.373 e. The summed E-state index contributed by atoms with van der Waals surface area (Å²) < 4.78 is 28.8. The van der Waals surface area contributed by atoms with Gasteiger partial charge in [0.15, 0.2) is 9.84 Å². The molecule has 0 radical (unpaired) electrons. The van der Waals surface area contributed by atoms with Crippen LogP contribution in [-0.2, 0) is 21.0 Å². The summed E-state index contributed by atoms with van der Waals surface area (Å²) in [6.45, 7) is 2.33. The Labute approximate surface area is 114 Å². The monoisotopic (exact) mass is 283 g/mol. The zero-order valence-electron chi connectivity index (χ0n) is 11.4. The standard InChI is InChI=1S/C14H21NO3S/c1-10(19(2,16)17)13(15)9-14-12-6-4-3-5-11(12)7-8-18-14/h3-6,10,13-14H,7-9,15H2,1-2H3. The minimum Gasteiger partial charge on any atom is -0.373 e. The van der Waals surface area contributed by atoms with Gasteiger partial charge in [-0.3, -0.25) is 0 Å². The Hall–Kier alpha value is -0.910. The average molecular weight is 283 g/mol. The van der Waals surface area contributed by atoms with Crippen LogP contribution in [0.15, 0.2) is 24.3 Å². The Balaban J connectivity index is 2.13. The fourth-order valence-electron chi connectivity index (χ4n) is 2.43. The maximum Gasteiger partial charge on any atom is 0.151 e. The van der Waals surface area contributed by atoms with E-state index in [0.717, 1.165) is 12.0 Å². The van der Waals surface area contributed by atoms with E-state index in [1.54, 1.807) is 6.92 Å². The molecule has 0 saturated heterocycles. The molecule has 0 aromatic heterocycles. The summed E-state index contributed by atoms with van der Waals surface area (Å²) in [7, 11) is -3.11. The lowest BCUT2D eigenvalue weighted by molar-refractivity contribution is 0.0321. The second kappa shape index (κ2) is 5.61.